The Morgan fingerprint density at radius 3 is 2.42 bits per heavy atom. The molecule has 7 heteroatoms. The molecule has 33 heavy (non-hydrogen) atoms. The Morgan fingerprint density at radius 2 is 1.76 bits per heavy atom. The van der Waals surface area contributed by atoms with Gasteiger partial charge in [-0.2, -0.15) is 13.2 Å². The van der Waals surface area contributed by atoms with E-state index in [9.17, 15) is 18.0 Å². The molecule has 1 amide bonds. The van der Waals surface area contributed by atoms with E-state index in [1.54, 1.807) is 18.2 Å². The minimum absolute atomic E-state index is 0.0937. The topological polar surface area (TPSA) is 41.6 Å². The predicted octanol–water partition coefficient (Wildman–Crippen LogP) is 6.11. The fourth-order valence-electron chi connectivity index (χ4n) is 4.26. The third kappa shape index (κ3) is 5.47. The van der Waals surface area contributed by atoms with E-state index < -0.39 is 11.7 Å². The van der Waals surface area contributed by atoms with Gasteiger partial charge in [0.25, 0.3) is 5.91 Å². The number of likely N-dealkylation sites (tertiary alicyclic amines) is 1. The summed E-state index contributed by atoms with van der Waals surface area (Å²) in [6.45, 7) is 4.15. The number of carbonyl (C=O) groups is 1. The molecule has 4 nitrogen and oxygen atoms in total. The van der Waals surface area contributed by atoms with Crippen molar-refractivity contribution in [3.05, 3.63) is 71.8 Å². The van der Waals surface area contributed by atoms with Crippen LogP contribution in [-0.2, 0) is 6.18 Å². The Kier molecular flexibility index (Phi) is 6.61. The molecule has 0 aliphatic carbocycles. The molecule has 3 aromatic carbocycles. The minimum atomic E-state index is -4.39. The van der Waals surface area contributed by atoms with Crippen LogP contribution < -0.4 is 10.1 Å². The van der Waals surface area contributed by atoms with Crippen molar-refractivity contribution < 1.29 is 22.7 Å². The quantitative estimate of drug-likeness (QED) is 0.504. The normalized spacial score (nSPS) is 16.5. The molecule has 3 aromatic rings. The van der Waals surface area contributed by atoms with Crippen LogP contribution in [0.25, 0.3) is 10.8 Å². The smallest absolute Gasteiger partial charge is 0.416 e. The van der Waals surface area contributed by atoms with Gasteiger partial charge in [0.05, 0.1) is 5.56 Å². The second-order valence-electron chi connectivity index (χ2n) is 8.72. The number of nitrogens with zero attached hydrogens (tertiary/aromatic N) is 1. The number of halogens is 3. The van der Waals surface area contributed by atoms with Crippen molar-refractivity contribution in [2.45, 2.75) is 32.0 Å². The van der Waals surface area contributed by atoms with Crippen molar-refractivity contribution in [3.63, 3.8) is 0 Å². The van der Waals surface area contributed by atoms with Crippen LogP contribution in [0.15, 0.2) is 60.7 Å². The molecule has 4 rings (SSSR count). The number of ether oxygens (including phenoxy) is 1. The highest BCUT2D eigenvalue weighted by Gasteiger charge is 2.30. The molecule has 0 bridgehead atoms. The van der Waals surface area contributed by atoms with Crippen LogP contribution in [-0.4, -0.2) is 37.0 Å². The molecular weight excluding hydrogens is 429 g/mol. The van der Waals surface area contributed by atoms with E-state index >= 15 is 0 Å². The maximum atomic E-state index is 12.8. The van der Waals surface area contributed by atoms with Gasteiger partial charge in [-0.1, -0.05) is 12.1 Å². The van der Waals surface area contributed by atoms with Crippen LogP contribution in [0.3, 0.4) is 0 Å². The summed E-state index contributed by atoms with van der Waals surface area (Å²) in [5.41, 5.74) is -0.160. The molecule has 174 valence electrons. The van der Waals surface area contributed by atoms with Crippen molar-refractivity contribution in [2.24, 2.45) is 5.92 Å². The van der Waals surface area contributed by atoms with Crippen molar-refractivity contribution in [1.82, 2.24) is 10.2 Å². The summed E-state index contributed by atoms with van der Waals surface area (Å²) < 4.78 is 44.2. The SMILES string of the molecule is C[C@@H](NC(=O)c1ccc2c(Oc3ccc(C(F)(F)F)cc3)cccc2c1)C1CCN(C)CC1. The van der Waals surface area contributed by atoms with Crippen LogP contribution in [0.2, 0.25) is 0 Å². The highest BCUT2D eigenvalue weighted by Crippen LogP contribution is 2.34. The summed E-state index contributed by atoms with van der Waals surface area (Å²) >= 11 is 0. The molecule has 1 N–H and O–H groups in total. The van der Waals surface area contributed by atoms with E-state index in [-0.39, 0.29) is 11.9 Å². The van der Waals surface area contributed by atoms with Crippen molar-refractivity contribution in [1.29, 1.82) is 0 Å². The van der Waals surface area contributed by atoms with Crippen LogP contribution in [0.4, 0.5) is 13.2 Å². The average molecular weight is 457 g/mol. The number of alkyl halides is 3. The zero-order valence-corrected chi connectivity index (χ0v) is 18.7. The number of amides is 1. The van der Waals surface area contributed by atoms with Gasteiger partial charge >= 0.3 is 6.18 Å². The van der Waals surface area contributed by atoms with Gasteiger partial charge in [-0.15, -0.1) is 0 Å². The molecule has 0 aromatic heterocycles. The van der Waals surface area contributed by atoms with Gasteiger partial charge in [-0.05, 0) is 99.7 Å². The summed E-state index contributed by atoms with van der Waals surface area (Å²) in [6, 6.07) is 15.5. The molecule has 1 atom stereocenters. The number of rotatable bonds is 5. The molecule has 1 heterocycles. The molecule has 0 saturated carbocycles. The molecule has 1 saturated heterocycles. The van der Waals surface area contributed by atoms with E-state index in [0.717, 1.165) is 48.8 Å². The van der Waals surface area contributed by atoms with E-state index in [4.69, 9.17) is 4.74 Å². The van der Waals surface area contributed by atoms with Gasteiger partial charge in [0.1, 0.15) is 11.5 Å². The van der Waals surface area contributed by atoms with E-state index in [2.05, 4.69) is 24.2 Å². The number of nitrogens with one attached hydrogen (secondary N) is 1. The molecular formula is C26H27F3N2O2. The van der Waals surface area contributed by atoms with Crippen LogP contribution in [0.5, 0.6) is 11.5 Å². The predicted molar refractivity (Wildman–Crippen MR) is 123 cm³/mol. The number of carbonyl (C=O) groups excluding carboxylic acids is 1. The van der Waals surface area contributed by atoms with Gasteiger partial charge in [0, 0.05) is 17.0 Å². The number of fused-ring (bicyclic) bond motifs is 1. The van der Waals surface area contributed by atoms with Gasteiger partial charge in [0.2, 0.25) is 0 Å². The lowest BCUT2D eigenvalue weighted by Gasteiger charge is -2.33. The zero-order chi connectivity index (χ0) is 23.6. The van der Waals surface area contributed by atoms with Crippen molar-refractivity contribution in [3.8, 4) is 11.5 Å². The van der Waals surface area contributed by atoms with Gasteiger partial charge in [0.15, 0.2) is 0 Å². The summed E-state index contributed by atoms with van der Waals surface area (Å²) in [4.78, 5) is 15.2. The van der Waals surface area contributed by atoms with E-state index in [1.165, 1.54) is 12.1 Å². The maximum Gasteiger partial charge on any atom is 0.416 e. The third-order valence-corrected chi connectivity index (χ3v) is 6.34. The lowest BCUT2D eigenvalue weighted by molar-refractivity contribution is -0.137. The van der Waals surface area contributed by atoms with Crippen molar-refractivity contribution in [2.75, 3.05) is 20.1 Å². The number of piperidine rings is 1. The fraction of sp³-hybridized carbons (Fsp3) is 0.346. The molecule has 1 aliphatic rings. The molecule has 1 fully saturated rings. The Morgan fingerprint density at radius 1 is 1.06 bits per heavy atom. The zero-order valence-electron chi connectivity index (χ0n) is 18.7. The Bertz CT molecular complexity index is 1120. The summed E-state index contributed by atoms with van der Waals surface area (Å²) in [6.07, 6.45) is -2.25. The van der Waals surface area contributed by atoms with Gasteiger partial charge in [-0.25, -0.2) is 0 Å². The highest BCUT2D eigenvalue weighted by atomic mass is 19.4. The highest BCUT2D eigenvalue weighted by molar-refractivity contribution is 6.00. The second-order valence-corrected chi connectivity index (χ2v) is 8.72. The van der Waals surface area contributed by atoms with Crippen LogP contribution in [0.1, 0.15) is 35.7 Å². The molecule has 1 aliphatic heterocycles. The van der Waals surface area contributed by atoms with Gasteiger partial charge < -0.3 is 15.0 Å². The Hall–Kier alpha value is -3.06. The largest absolute Gasteiger partial charge is 0.457 e. The lowest BCUT2D eigenvalue weighted by Crippen LogP contribution is -2.43. The van der Waals surface area contributed by atoms with Crippen molar-refractivity contribution >= 4 is 16.7 Å². The Labute approximate surface area is 191 Å². The first kappa shape index (κ1) is 23.1. The van der Waals surface area contributed by atoms with Gasteiger partial charge in [-0.3, -0.25) is 4.79 Å². The first-order valence-corrected chi connectivity index (χ1v) is 11.1. The average Bonchev–Trinajstić information content (AvgIpc) is 2.79. The van der Waals surface area contributed by atoms with Crippen LogP contribution in [0, 0.1) is 5.92 Å². The third-order valence-electron chi connectivity index (χ3n) is 6.34. The Balaban J connectivity index is 1.48. The fourth-order valence-corrected chi connectivity index (χ4v) is 4.26. The molecule has 0 spiro atoms. The number of hydrogen-bond donors (Lipinski definition) is 1. The lowest BCUT2D eigenvalue weighted by atomic mass is 9.90. The monoisotopic (exact) mass is 456 g/mol. The van der Waals surface area contributed by atoms with Crippen LogP contribution >= 0.6 is 0 Å². The second kappa shape index (κ2) is 9.43. The minimum Gasteiger partial charge on any atom is -0.457 e. The standard InChI is InChI=1S/C26H27F3N2O2/c1-17(18-12-14-31(2)15-13-18)30-25(32)20-6-11-23-19(16-20)4-3-5-24(23)33-22-9-7-21(8-10-22)26(27,28)29/h3-11,16-18H,12-15H2,1-2H3,(H,30,32)/t17-/m1/s1. The maximum absolute atomic E-state index is 12.8. The first-order chi connectivity index (χ1) is 15.7. The number of benzene rings is 3. The van der Waals surface area contributed by atoms with E-state index in [1.807, 2.05) is 18.2 Å². The molecule has 0 unspecified atom stereocenters. The summed E-state index contributed by atoms with van der Waals surface area (Å²) in [7, 11) is 2.12. The summed E-state index contributed by atoms with van der Waals surface area (Å²) in [5, 5.41) is 4.73. The number of hydrogen-bond acceptors (Lipinski definition) is 3. The first-order valence-electron chi connectivity index (χ1n) is 11.1. The van der Waals surface area contributed by atoms with E-state index in [0.29, 0.717) is 23.0 Å². The molecule has 0 radical (unpaired) electrons. The summed E-state index contributed by atoms with van der Waals surface area (Å²) in [5.74, 6) is 1.18.